The predicted octanol–water partition coefficient (Wildman–Crippen LogP) is 2.04. The minimum Gasteiger partial charge on any atom is -0.444 e. The van der Waals surface area contributed by atoms with Crippen LogP contribution < -0.4 is 5.32 Å². The number of aliphatic hydroxyl groups excluding tert-OH is 1. The van der Waals surface area contributed by atoms with Gasteiger partial charge in [0.15, 0.2) is 0 Å². The number of hydrogen-bond donors (Lipinski definition) is 2. The summed E-state index contributed by atoms with van der Waals surface area (Å²) in [5.41, 5.74) is 1.80. The Morgan fingerprint density at radius 1 is 1.26 bits per heavy atom. The van der Waals surface area contributed by atoms with Gasteiger partial charge >= 0.3 is 6.09 Å². The number of ether oxygens (including phenoxy) is 1. The summed E-state index contributed by atoms with van der Waals surface area (Å²) >= 11 is 0. The first-order chi connectivity index (χ1) is 8.85. The topological polar surface area (TPSA) is 58.6 Å². The van der Waals surface area contributed by atoms with Gasteiger partial charge < -0.3 is 15.2 Å². The second-order valence-corrected chi connectivity index (χ2v) is 6.00. The predicted molar refractivity (Wildman–Crippen MR) is 73.0 cm³/mol. The largest absolute Gasteiger partial charge is 0.444 e. The van der Waals surface area contributed by atoms with Crippen LogP contribution in [-0.4, -0.2) is 28.9 Å². The van der Waals surface area contributed by atoms with Gasteiger partial charge in [-0.3, -0.25) is 0 Å². The number of amides is 1. The van der Waals surface area contributed by atoms with Gasteiger partial charge in [-0.1, -0.05) is 24.3 Å². The van der Waals surface area contributed by atoms with Crippen molar-refractivity contribution in [3.63, 3.8) is 0 Å². The lowest BCUT2D eigenvalue weighted by atomic mass is 9.86. The Morgan fingerprint density at radius 2 is 1.84 bits per heavy atom. The summed E-state index contributed by atoms with van der Waals surface area (Å²) in [5, 5.41) is 12.8. The normalized spacial score (nSPS) is 22.5. The van der Waals surface area contributed by atoms with Gasteiger partial charge in [0, 0.05) is 6.42 Å². The standard InChI is InChI=1S/C15H21NO3/c1-15(2,3)19-14(18)16-12-8-10-6-4-5-7-11(10)9-13(12)17/h4-7,12-13,17H,8-9H2,1-3H3,(H,16,18)/t12-,13-/m1/s1. The number of carbonyl (C=O) groups is 1. The molecule has 19 heavy (non-hydrogen) atoms. The fourth-order valence-corrected chi connectivity index (χ4v) is 2.30. The molecule has 0 bridgehead atoms. The van der Waals surface area contributed by atoms with E-state index < -0.39 is 17.8 Å². The zero-order chi connectivity index (χ0) is 14.0. The highest BCUT2D eigenvalue weighted by molar-refractivity contribution is 5.68. The van der Waals surface area contributed by atoms with Crippen LogP contribution in [0.5, 0.6) is 0 Å². The van der Waals surface area contributed by atoms with Gasteiger partial charge in [0.25, 0.3) is 0 Å². The van der Waals surface area contributed by atoms with Crippen LogP contribution in [0.2, 0.25) is 0 Å². The van der Waals surface area contributed by atoms with Crippen molar-refractivity contribution in [2.24, 2.45) is 0 Å². The van der Waals surface area contributed by atoms with Gasteiger partial charge in [0.2, 0.25) is 0 Å². The van der Waals surface area contributed by atoms with Crippen LogP contribution in [0, 0.1) is 0 Å². The van der Waals surface area contributed by atoms with Gasteiger partial charge in [-0.2, -0.15) is 0 Å². The molecule has 2 N–H and O–H groups in total. The molecular weight excluding hydrogens is 242 g/mol. The third kappa shape index (κ3) is 3.70. The second-order valence-electron chi connectivity index (χ2n) is 6.00. The molecule has 0 spiro atoms. The maximum atomic E-state index is 11.7. The van der Waals surface area contributed by atoms with E-state index in [1.165, 1.54) is 5.56 Å². The summed E-state index contributed by atoms with van der Waals surface area (Å²) < 4.78 is 5.22. The molecule has 4 heteroatoms. The molecule has 0 aromatic heterocycles. The molecule has 0 saturated heterocycles. The highest BCUT2D eigenvalue weighted by atomic mass is 16.6. The first-order valence-corrected chi connectivity index (χ1v) is 6.59. The summed E-state index contributed by atoms with van der Waals surface area (Å²) in [4.78, 5) is 11.7. The average Bonchev–Trinajstić information content (AvgIpc) is 2.27. The molecule has 0 aliphatic heterocycles. The van der Waals surface area contributed by atoms with E-state index in [2.05, 4.69) is 5.32 Å². The van der Waals surface area contributed by atoms with Gasteiger partial charge in [0.1, 0.15) is 5.60 Å². The molecule has 0 radical (unpaired) electrons. The lowest BCUT2D eigenvalue weighted by Crippen LogP contribution is -2.49. The summed E-state index contributed by atoms with van der Waals surface area (Å²) in [6, 6.07) is 7.70. The number of carbonyl (C=O) groups excluding carboxylic acids is 1. The maximum Gasteiger partial charge on any atom is 0.407 e. The molecule has 0 unspecified atom stereocenters. The molecule has 0 saturated carbocycles. The Kier molecular flexibility index (Phi) is 3.80. The van der Waals surface area contributed by atoms with Crippen molar-refractivity contribution in [2.75, 3.05) is 0 Å². The smallest absolute Gasteiger partial charge is 0.407 e. The van der Waals surface area contributed by atoms with E-state index in [-0.39, 0.29) is 6.04 Å². The highest BCUT2D eigenvalue weighted by Crippen LogP contribution is 2.21. The monoisotopic (exact) mass is 263 g/mol. The van der Waals surface area contributed by atoms with E-state index >= 15 is 0 Å². The van der Waals surface area contributed by atoms with Crippen molar-refractivity contribution in [3.05, 3.63) is 35.4 Å². The van der Waals surface area contributed by atoms with Crippen LogP contribution in [0.3, 0.4) is 0 Å². The molecule has 1 amide bonds. The van der Waals surface area contributed by atoms with E-state index in [4.69, 9.17) is 4.74 Å². The molecule has 2 rings (SSSR count). The summed E-state index contributed by atoms with van der Waals surface area (Å²) in [5.74, 6) is 0. The van der Waals surface area contributed by atoms with Crippen molar-refractivity contribution in [3.8, 4) is 0 Å². The molecular formula is C15H21NO3. The van der Waals surface area contributed by atoms with E-state index in [1.807, 2.05) is 45.0 Å². The Labute approximate surface area is 113 Å². The molecule has 0 heterocycles. The molecule has 104 valence electrons. The molecule has 1 aromatic carbocycles. The number of nitrogens with one attached hydrogen (secondary N) is 1. The Balaban J connectivity index is 2.01. The van der Waals surface area contributed by atoms with Crippen molar-refractivity contribution in [1.29, 1.82) is 0 Å². The zero-order valence-corrected chi connectivity index (χ0v) is 11.6. The molecule has 1 aliphatic carbocycles. The van der Waals surface area contributed by atoms with E-state index in [0.717, 1.165) is 5.56 Å². The highest BCUT2D eigenvalue weighted by Gasteiger charge is 2.29. The Hall–Kier alpha value is -1.55. The lowest BCUT2D eigenvalue weighted by Gasteiger charge is -2.31. The minimum absolute atomic E-state index is 0.287. The quantitative estimate of drug-likeness (QED) is 0.815. The van der Waals surface area contributed by atoms with Gasteiger partial charge in [-0.15, -0.1) is 0 Å². The second kappa shape index (κ2) is 5.21. The minimum atomic E-state index is -0.567. The number of fused-ring (bicyclic) bond motifs is 1. The van der Waals surface area contributed by atoms with Crippen LogP contribution in [0.1, 0.15) is 31.9 Å². The fourth-order valence-electron chi connectivity index (χ4n) is 2.30. The molecule has 1 aliphatic rings. The molecule has 0 fully saturated rings. The van der Waals surface area contributed by atoms with Crippen molar-refractivity contribution >= 4 is 6.09 Å². The lowest BCUT2D eigenvalue weighted by molar-refractivity contribution is 0.0412. The summed E-state index contributed by atoms with van der Waals surface area (Å²) in [6.07, 6.45) is 0.158. The molecule has 2 atom stereocenters. The van der Waals surface area contributed by atoms with Crippen LogP contribution in [0.15, 0.2) is 24.3 Å². The van der Waals surface area contributed by atoms with E-state index in [9.17, 15) is 9.90 Å². The van der Waals surface area contributed by atoms with E-state index in [0.29, 0.717) is 12.8 Å². The fraction of sp³-hybridized carbons (Fsp3) is 0.533. The molecule has 1 aromatic rings. The van der Waals surface area contributed by atoms with Crippen LogP contribution >= 0.6 is 0 Å². The van der Waals surface area contributed by atoms with Crippen LogP contribution in [0.25, 0.3) is 0 Å². The van der Waals surface area contributed by atoms with Gasteiger partial charge in [-0.25, -0.2) is 4.79 Å². The van der Waals surface area contributed by atoms with Crippen LogP contribution in [0.4, 0.5) is 4.79 Å². The Bertz CT molecular complexity index is 465. The third-order valence-electron chi connectivity index (χ3n) is 3.15. The SMILES string of the molecule is CC(C)(C)OC(=O)N[C@@H]1Cc2ccccc2C[C@H]1O. The number of rotatable bonds is 1. The van der Waals surface area contributed by atoms with Gasteiger partial charge in [0.05, 0.1) is 12.1 Å². The zero-order valence-electron chi connectivity index (χ0n) is 11.6. The third-order valence-corrected chi connectivity index (χ3v) is 3.15. The number of benzene rings is 1. The first-order valence-electron chi connectivity index (χ1n) is 6.59. The van der Waals surface area contributed by atoms with Gasteiger partial charge in [-0.05, 0) is 38.3 Å². The average molecular weight is 263 g/mol. The van der Waals surface area contributed by atoms with Crippen LogP contribution in [-0.2, 0) is 17.6 Å². The maximum absolute atomic E-state index is 11.7. The van der Waals surface area contributed by atoms with Crippen molar-refractivity contribution < 1.29 is 14.6 Å². The first kappa shape index (κ1) is 13.9. The molecule has 4 nitrogen and oxygen atoms in total. The van der Waals surface area contributed by atoms with Crippen molar-refractivity contribution in [2.45, 2.75) is 51.4 Å². The van der Waals surface area contributed by atoms with E-state index in [1.54, 1.807) is 0 Å². The number of alkyl carbamates (subject to hydrolysis) is 1. The summed E-state index contributed by atoms with van der Waals surface area (Å²) in [7, 11) is 0. The summed E-state index contributed by atoms with van der Waals surface area (Å²) in [6.45, 7) is 5.46. The van der Waals surface area contributed by atoms with Crippen molar-refractivity contribution in [1.82, 2.24) is 5.32 Å². The number of aliphatic hydroxyl groups is 1. The number of hydrogen-bond acceptors (Lipinski definition) is 3. The Morgan fingerprint density at radius 3 is 2.42 bits per heavy atom.